The largest absolute Gasteiger partial charge is 0.454 e. The lowest BCUT2D eigenvalue weighted by atomic mass is 9.98. The predicted octanol–water partition coefficient (Wildman–Crippen LogP) is 8.03. The fourth-order valence-electron chi connectivity index (χ4n) is 9.15. The summed E-state index contributed by atoms with van der Waals surface area (Å²) in [6.07, 6.45) is 6.45. The minimum atomic E-state index is -0.685. The number of benzene rings is 4. The molecule has 0 bridgehead atoms. The van der Waals surface area contributed by atoms with Gasteiger partial charge >= 0.3 is 6.09 Å². The standard InChI is InChI=1S/C48H52N8O6/c1-28(2)42(53-48(59)60-5)46(57)55-20-6-8-38(55)44-50-26-37(52-44)34-17-16-32-22-31(14-15-33(32)23-34)29-10-12-30(13-11-29)36-25-49-45(51-36)39-9-7-21-56(39)47(58)43(54(3)4)35-18-19-40-41(24-35)62-27-61-40/h10-19,22-26,28,38-39,42-43H,6-9,20-21,27H2,1-5H3,(H,49,51)(H,50,52)(H,53,59)/t38-,39-,42-,43+/m0/s1. The van der Waals surface area contributed by atoms with Gasteiger partial charge in [0.1, 0.15) is 23.7 Å². The number of methoxy groups -OCH3 is 1. The Morgan fingerprint density at radius 1 is 0.726 bits per heavy atom. The van der Waals surface area contributed by atoms with E-state index in [2.05, 4.69) is 75.9 Å². The SMILES string of the molecule is COC(=O)N[C@H](C(=O)N1CCC[C@H]1c1ncc(-c2ccc3cc(-c4ccc(-c5cnc([C@@H]6CCCN6C(=O)[C@@H](c6ccc7c(c6)OCO7)N(C)C)[nH]5)cc4)ccc3c2)[nH]1)C(C)C. The first-order valence-electron chi connectivity index (χ1n) is 21.3. The first-order valence-corrected chi connectivity index (χ1v) is 21.3. The summed E-state index contributed by atoms with van der Waals surface area (Å²) in [6.45, 7) is 5.27. The molecule has 14 heteroatoms. The molecule has 9 rings (SSSR count). The number of aromatic nitrogens is 4. The quantitative estimate of drug-likeness (QED) is 0.118. The summed E-state index contributed by atoms with van der Waals surface area (Å²) in [5.74, 6) is 2.69. The Morgan fingerprint density at radius 3 is 1.92 bits per heavy atom. The van der Waals surface area contributed by atoms with Gasteiger partial charge < -0.3 is 39.3 Å². The highest BCUT2D eigenvalue weighted by Gasteiger charge is 2.39. The lowest BCUT2D eigenvalue weighted by Gasteiger charge is -2.31. The summed E-state index contributed by atoms with van der Waals surface area (Å²) in [7, 11) is 5.15. The third-order valence-corrected chi connectivity index (χ3v) is 12.4. The summed E-state index contributed by atoms with van der Waals surface area (Å²) >= 11 is 0. The average molecular weight is 837 g/mol. The van der Waals surface area contributed by atoms with Gasteiger partial charge in [-0.05, 0) is 103 Å². The molecule has 3 aliphatic heterocycles. The van der Waals surface area contributed by atoms with Crippen molar-refractivity contribution in [2.45, 2.75) is 63.7 Å². The van der Waals surface area contributed by atoms with Gasteiger partial charge in [-0.3, -0.25) is 14.5 Å². The Kier molecular flexibility index (Phi) is 11.2. The van der Waals surface area contributed by atoms with Crippen LogP contribution in [0.15, 0.2) is 91.3 Å². The normalized spacial score (nSPS) is 18.2. The van der Waals surface area contributed by atoms with Crippen LogP contribution in [0, 0.1) is 5.92 Å². The van der Waals surface area contributed by atoms with Crippen molar-refractivity contribution in [2.24, 2.45) is 5.92 Å². The van der Waals surface area contributed by atoms with E-state index in [1.54, 1.807) is 0 Å². The van der Waals surface area contributed by atoms with E-state index < -0.39 is 18.2 Å². The number of hydrogen-bond donors (Lipinski definition) is 3. The Hall–Kier alpha value is -6.67. The molecular weight excluding hydrogens is 785 g/mol. The Labute approximate surface area is 360 Å². The van der Waals surface area contributed by atoms with E-state index in [9.17, 15) is 14.4 Å². The highest BCUT2D eigenvalue weighted by Crippen LogP contribution is 2.39. The Balaban J connectivity index is 0.870. The molecule has 6 aromatic rings. The molecule has 0 unspecified atom stereocenters. The number of likely N-dealkylation sites (tertiary alicyclic amines) is 2. The van der Waals surface area contributed by atoms with Gasteiger partial charge in [-0.25, -0.2) is 14.8 Å². The van der Waals surface area contributed by atoms with Gasteiger partial charge in [-0.1, -0.05) is 68.4 Å². The maximum Gasteiger partial charge on any atom is 0.407 e. The molecule has 0 aliphatic carbocycles. The number of nitrogens with one attached hydrogen (secondary N) is 3. The minimum absolute atomic E-state index is 0.0366. The van der Waals surface area contributed by atoms with Crippen molar-refractivity contribution < 1.29 is 28.6 Å². The van der Waals surface area contributed by atoms with Gasteiger partial charge in [0.25, 0.3) is 0 Å². The molecule has 3 N–H and O–H groups in total. The lowest BCUT2D eigenvalue weighted by Crippen LogP contribution is -2.51. The highest BCUT2D eigenvalue weighted by atomic mass is 16.7. The van der Waals surface area contributed by atoms with Gasteiger partial charge in [0.05, 0.1) is 43.0 Å². The number of imidazole rings is 2. The molecule has 4 aromatic carbocycles. The number of amides is 3. The number of aromatic amines is 2. The highest BCUT2D eigenvalue weighted by molar-refractivity contribution is 5.91. The molecule has 14 nitrogen and oxygen atoms in total. The first-order chi connectivity index (χ1) is 30.1. The lowest BCUT2D eigenvalue weighted by molar-refractivity contribution is -0.137. The van der Waals surface area contributed by atoms with Crippen molar-refractivity contribution >= 4 is 28.7 Å². The number of carbonyl (C=O) groups is 3. The van der Waals surface area contributed by atoms with Crippen molar-refractivity contribution in [3.8, 4) is 45.1 Å². The molecule has 0 radical (unpaired) electrons. The minimum Gasteiger partial charge on any atom is -0.454 e. The van der Waals surface area contributed by atoms with Gasteiger partial charge in [0, 0.05) is 18.7 Å². The maximum absolute atomic E-state index is 14.2. The van der Waals surface area contributed by atoms with Crippen LogP contribution >= 0.6 is 0 Å². The molecular formula is C48H52N8O6. The summed E-state index contributed by atoms with van der Waals surface area (Å²) in [4.78, 5) is 62.1. The zero-order chi connectivity index (χ0) is 43.1. The molecule has 3 amide bonds. The van der Waals surface area contributed by atoms with Gasteiger partial charge in [0.2, 0.25) is 18.6 Å². The summed E-state index contributed by atoms with van der Waals surface area (Å²) < 4.78 is 15.9. The van der Waals surface area contributed by atoms with Gasteiger partial charge in [-0.15, -0.1) is 0 Å². The number of ether oxygens (including phenoxy) is 3. The van der Waals surface area contributed by atoms with E-state index >= 15 is 0 Å². The smallest absolute Gasteiger partial charge is 0.407 e. The van der Waals surface area contributed by atoms with Crippen molar-refractivity contribution in [1.29, 1.82) is 0 Å². The third-order valence-electron chi connectivity index (χ3n) is 12.4. The van der Waals surface area contributed by atoms with Crippen molar-refractivity contribution in [3.05, 3.63) is 108 Å². The molecule has 5 heterocycles. The topological polar surface area (TPSA) is 158 Å². The van der Waals surface area contributed by atoms with Gasteiger partial charge in [-0.2, -0.15) is 0 Å². The zero-order valence-corrected chi connectivity index (χ0v) is 35.7. The van der Waals surface area contributed by atoms with E-state index in [4.69, 9.17) is 24.2 Å². The number of fused-ring (bicyclic) bond motifs is 2. The monoisotopic (exact) mass is 836 g/mol. The molecule has 2 fully saturated rings. The molecule has 2 saturated heterocycles. The first kappa shape index (κ1) is 40.7. The molecule has 320 valence electrons. The van der Waals surface area contributed by atoms with Crippen LogP contribution in [0.1, 0.15) is 74.9 Å². The summed E-state index contributed by atoms with van der Waals surface area (Å²) in [5, 5.41) is 4.93. The van der Waals surface area contributed by atoms with E-state index in [1.165, 1.54) is 7.11 Å². The molecule has 62 heavy (non-hydrogen) atoms. The van der Waals surface area contributed by atoms with E-state index in [0.717, 1.165) is 87.3 Å². The molecule has 3 aliphatic rings. The molecule has 2 aromatic heterocycles. The second kappa shape index (κ2) is 17.0. The van der Waals surface area contributed by atoms with Crippen LogP contribution in [0.5, 0.6) is 11.5 Å². The van der Waals surface area contributed by atoms with Crippen LogP contribution in [0.25, 0.3) is 44.4 Å². The van der Waals surface area contributed by atoms with E-state index in [-0.39, 0.29) is 36.6 Å². The Bertz CT molecular complexity index is 2620. The molecule has 4 atom stereocenters. The van der Waals surface area contributed by atoms with Crippen LogP contribution in [0.4, 0.5) is 4.79 Å². The maximum atomic E-state index is 14.2. The number of H-pyrrole nitrogens is 2. The zero-order valence-electron chi connectivity index (χ0n) is 35.7. The van der Waals surface area contributed by atoms with Crippen LogP contribution in [0.3, 0.4) is 0 Å². The second-order valence-electron chi connectivity index (χ2n) is 16.9. The fourth-order valence-corrected chi connectivity index (χ4v) is 9.15. The van der Waals surface area contributed by atoms with Crippen molar-refractivity contribution in [1.82, 2.24) is 40.0 Å². The number of likely N-dealkylation sites (N-methyl/N-ethyl adjacent to an activating group) is 1. The van der Waals surface area contributed by atoms with E-state index in [1.807, 2.05) is 73.2 Å². The number of rotatable bonds is 11. The second-order valence-corrected chi connectivity index (χ2v) is 16.9. The predicted molar refractivity (Wildman–Crippen MR) is 235 cm³/mol. The number of nitrogens with zero attached hydrogens (tertiary/aromatic N) is 5. The summed E-state index contributed by atoms with van der Waals surface area (Å²) in [5.41, 5.74) is 6.87. The number of hydrogen-bond acceptors (Lipinski definition) is 9. The van der Waals surface area contributed by atoms with Crippen molar-refractivity contribution in [3.63, 3.8) is 0 Å². The van der Waals surface area contributed by atoms with Gasteiger partial charge in [0.15, 0.2) is 11.5 Å². The molecule has 0 spiro atoms. The van der Waals surface area contributed by atoms with Crippen LogP contribution in [-0.2, 0) is 14.3 Å². The fraction of sp³-hybridized carbons (Fsp3) is 0.354. The van der Waals surface area contributed by atoms with Crippen LogP contribution in [0.2, 0.25) is 0 Å². The summed E-state index contributed by atoms with van der Waals surface area (Å²) in [6, 6.07) is 25.5. The van der Waals surface area contributed by atoms with Crippen LogP contribution < -0.4 is 14.8 Å². The number of carbonyl (C=O) groups excluding carboxylic acids is 3. The molecule has 0 saturated carbocycles. The van der Waals surface area contributed by atoms with Crippen LogP contribution in [-0.4, -0.2) is 99.7 Å². The average Bonchev–Trinajstić information content (AvgIpc) is 4.14. The third kappa shape index (κ3) is 7.86. The van der Waals surface area contributed by atoms with E-state index in [0.29, 0.717) is 24.6 Å². The number of alkyl carbamates (subject to hydrolysis) is 1. The Morgan fingerprint density at radius 2 is 1.29 bits per heavy atom. The van der Waals surface area contributed by atoms with Crippen molar-refractivity contribution in [2.75, 3.05) is 41.1 Å².